The summed E-state index contributed by atoms with van der Waals surface area (Å²) in [5.41, 5.74) is 1.59. The number of carbonyl (C=O) groups excluding carboxylic acids is 1. The standard InChI is InChI=1S/C17H14N4O3S/c1-10-8-15(19-16(22)13-4-3-7-24-13)21(20-10)17-18-12-9-11(23-2)5-6-14(12)25-17/h3-9H,1-2H3,(H,19,22). The SMILES string of the molecule is COc1ccc2sc(-n3nc(C)cc3NC(=O)c3ccco3)nc2c1. The number of fused-ring (bicyclic) bond motifs is 1. The fourth-order valence-electron chi connectivity index (χ4n) is 2.43. The van der Waals surface area contributed by atoms with Crippen molar-refractivity contribution in [3.63, 3.8) is 0 Å². The van der Waals surface area contributed by atoms with Crippen molar-refractivity contribution in [2.24, 2.45) is 0 Å². The van der Waals surface area contributed by atoms with Crippen molar-refractivity contribution in [1.29, 1.82) is 0 Å². The van der Waals surface area contributed by atoms with E-state index >= 15 is 0 Å². The highest BCUT2D eigenvalue weighted by Crippen LogP contribution is 2.29. The van der Waals surface area contributed by atoms with Gasteiger partial charge in [0.05, 0.1) is 29.3 Å². The number of carbonyl (C=O) groups is 1. The van der Waals surface area contributed by atoms with Crippen LogP contribution in [0.2, 0.25) is 0 Å². The minimum absolute atomic E-state index is 0.236. The number of ether oxygens (including phenoxy) is 1. The monoisotopic (exact) mass is 354 g/mol. The van der Waals surface area contributed by atoms with E-state index in [4.69, 9.17) is 9.15 Å². The molecule has 8 heteroatoms. The molecule has 1 amide bonds. The number of anilines is 1. The number of nitrogens with one attached hydrogen (secondary N) is 1. The van der Waals surface area contributed by atoms with E-state index in [0.717, 1.165) is 21.7 Å². The summed E-state index contributed by atoms with van der Waals surface area (Å²) in [6.07, 6.45) is 1.46. The number of aryl methyl sites for hydroxylation is 1. The highest BCUT2D eigenvalue weighted by atomic mass is 32.1. The first-order valence-corrected chi connectivity index (χ1v) is 8.32. The van der Waals surface area contributed by atoms with Crippen molar-refractivity contribution in [3.05, 3.63) is 54.1 Å². The number of amides is 1. The Morgan fingerprint density at radius 2 is 2.20 bits per heavy atom. The lowest BCUT2D eigenvalue weighted by Gasteiger charge is -2.04. The number of rotatable bonds is 4. The fraction of sp³-hybridized carbons (Fsp3) is 0.118. The first kappa shape index (κ1) is 15.4. The van der Waals surface area contributed by atoms with Crippen molar-refractivity contribution >= 4 is 33.3 Å². The Balaban J connectivity index is 1.72. The minimum Gasteiger partial charge on any atom is -0.497 e. The first-order valence-electron chi connectivity index (χ1n) is 7.50. The van der Waals surface area contributed by atoms with Crippen LogP contribution >= 0.6 is 11.3 Å². The predicted molar refractivity (Wildman–Crippen MR) is 94.7 cm³/mol. The molecule has 0 unspecified atom stereocenters. The Kier molecular flexibility index (Phi) is 3.73. The van der Waals surface area contributed by atoms with Gasteiger partial charge in [-0.1, -0.05) is 11.3 Å². The van der Waals surface area contributed by atoms with Gasteiger partial charge in [-0.15, -0.1) is 0 Å². The van der Waals surface area contributed by atoms with Crippen LogP contribution in [0.4, 0.5) is 5.82 Å². The zero-order chi connectivity index (χ0) is 17.4. The first-order chi connectivity index (χ1) is 12.1. The average molecular weight is 354 g/mol. The molecule has 0 aliphatic heterocycles. The highest BCUT2D eigenvalue weighted by molar-refractivity contribution is 7.20. The second-order valence-electron chi connectivity index (χ2n) is 5.34. The summed E-state index contributed by atoms with van der Waals surface area (Å²) in [5.74, 6) is 1.17. The van der Waals surface area contributed by atoms with Crippen molar-refractivity contribution in [3.8, 4) is 10.9 Å². The Hall–Kier alpha value is -3.13. The number of thiazole rings is 1. The maximum absolute atomic E-state index is 12.2. The quantitative estimate of drug-likeness (QED) is 0.605. The summed E-state index contributed by atoms with van der Waals surface area (Å²) in [6, 6.07) is 10.8. The van der Waals surface area contributed by atoms with Crippen LogP contribution in [-0.2, 0) is 0 Å². The molecule has 3 heterocycles. The molecule has 25 heavy (non-hydrogen) atoms. The second-order valence-corrected chi connectivity index (χ2v) is 6.35. The highest BCUT2D eigenvalue weighted by Gasteiger charge is 2.16. The van der Waals surface area contributed by atoms with Crippen molar-refractivity contribution in [1.82, 2.24) is 14.8 Å². The lowest BCUT2D eigenvalue weighted by Crippen LogP contribution is -2.14. The molecule has 0 aliphatic rings. The average Bonchev–Trinajstić information content (AvgIpc) is 3.33. The van der Waals surface area contributed by atoms with Crippen LogP contribution in [0.25, 0.3) is 15.3 Å². The van der Waals surface area contributed by atoms with Crippen LogP contribution in [0.3, 0.4) is 0 Å². The van der Waals surface area contributed by atoms with Crippen molar-refractivity contribution in [2.45, 2.75) is 6.92 Å². The number of methoxy groups -OCH3 is 1. The van der Waals surface area contributed by atoms with E-state index in [-0.39, 0.29) is 11.7 Å². The van der Waals surface area contributed by atoms with Crippen LogP contribution in [-0.4, -0.2) is 27.8 Å². The Morgan fingerprint density at radius 1 is 1.32 bits per heavy atom. The van der Waals surface area contributed by atoms with Crippen LogP contribution < -0.4 is 10.1 Å². The topological polar surface area (TPSA) is 82.2 Å². The molecule has 0 saturated heterocycles. The maximum atomic E-state index is 12.2. The summed E-state index contributed by atoms with van der Waals surface area (Å²) in [6.45, 7) is 1.86. The molecule has 1 N–H and O–H groups in total. The summed E-state index contributed by atoms with van der Waals surface area (Å²) in [5, 5.41) is 7.91. The van der Waals surface area contributed by atoms with Gasteiger partial charge in [-0.3, -0.25) is 4.79 Å². The molecule has 0 aliphatic carbocycles. The zero-order valence-corrected chi connectivity index (χ0v) is 14.3. The molecule has 126 valence electrons. The van der Waals surface area contributed by atoms with Gasteiger partial charge in [-0.2, -0.15) is 9.78 Å². The molecular formula is C17H14N4O3S. The third-order valence-electron chi connectivity index (χ3n) is 3.58. The van der Waals surface area contributed by atoms with Gasteiger partial charge >= 0.3 is 0 Å². The number of hydrogen-bond donors (Lipinski definition) is 1. The lowest BCUT2D eigenvalue weighted by atomic mass is 10.3. The molecule has 0 saturated carbocycles. The molecule has 0 spiro atoms. The van der Waals surface area contributed by atoms with Gasteiger partial charge < -0.3 is 14.5 Å². The predicted octanol–water partition coefficient (Wildman–Crippen LogP) is 3.64. The molecule has 0 bridgehead atoms. The largest absolute Gasteiger partial charge is 0.497 e. The van der Waals surface area contributed by atoms with Crippen LogP contribution in [0, 0.1) is 6.92 Å². The molecule has 4 aromatic rings. The summed E-state index contributed by atoms with van der Waals surface area (Å²) in [4.78, 5) is 16.8. The summed E-state index contributed by atoms with van der Waals surface area (Å²) in [7, 11) is 1.62. The van der Waals surface area contributed by atoms with Crippen LogP contribution in [0.1, 0.15) is 16.2 Å². The van der Waals surface area contributed by atoms with Gasteiger partial charge in [0.25, 0.3) is 5.91 Å². The molecule has 0 fully saturated rings. The number of furan rings is 1. The van der Waals surface area contributed by atoms with E-state index in [0.29, 0.717) is 10.9 Å². The molecule has 0 radical (unpaired) electrons. The number of nitrogens with zero attached hydrogens (tertiary/aromatic N) is 3. The third kappa shape index (κ3) is 2.87. The minimum atomic E-state index is -0.339. The number of aromatic nitrogens is 3. The Labute approximate surface area is 146 Å². The van der Waals surface area contributed by atoms with Gasteiger partial charge in [0.1, 0.15) is 11.6 Å². The second kappa shape index (κ2) is 6.06. The zero-order valence-electron chi connectivity index (χ0n) is 13.5. The summed E-state index contributed by atoms with van der Waals surface area (Å²) >= 11 is 1.48. The molecule has 3 aromatic heterocycles. The Bertz CT molecular complexity index is 1050. The molecule has 4 rings (SSSR count). The molecule has 7 nitrogen and oxygen atoms in total. The van der Waals surface area contributed by atoms with E-state index in [1.165, 1.54) is 17.6 Å². The van der Waals surface area contributed by atoms with Crippen molar-refractivity contribution in [2.75, 3.05) is 12.4 Å². The van der Waals surface area contributed by atoms with E-state index in [1.807, 2.05) is 25.1 Å². The fourth-order valence-corrected chi connectivity index (χ4v) is 3.34. The third-order valence-corrected chi connectivity index (χ3v) is 4.59. The summed E-state index contributed by atoms with van der Waals surface area (Å²) < 4.78 is 13.0. The van der Waals surface area contributed by atoms with Gasteiger partial charge in [0.15, 0.2) is 5.76 Å². The van der Waals surface area contributed by atoms with Gasteiger partial charge in [-0.05, 0) is 31.2 Å². The van der Waals surface area contributed by atoms with Gasteiger partial charge in [0.2, 0.25) is 5.13 Å². The smallest absolute Gasteiger partial charge is 0.292 e. The molecular weight excluding hydrogens is 340 g/mol. The van der Waals surface area contributed by atoms with Crippen LogP contribution in [0.15, 0.2) is 47.1 Å². The van der Waals surface area contributed by atoms with Gasteiger partial charge in [-0.25, -0.2) is 4.98 Å². The van der Waals surface area contributed by atoms with E-state index in [2.05, 4.69) is 15.4 Å². The normalized spacial score (nSPS) is 11.0. The van der Waals surface area contributed by atoms with Crippen LogP contribution in [0.5, 0.6) is 5.75 Å². The number of benzene rings is 1. The van der Waals surface area contributed by atoms with Gasteiger partial charge in [0, 0.05) is 12.1 Å². The van der Waals surface area contributed by atoms with Crippen molar-refractivity contribution < 1.29 is 13.9 Å². The molecule has 1 aromatic carbocycles. The number of hydrogen-bond acceptors (Lipinski definition) is 6. The van der Waals surface area contributed by atoms with E-state index in [1.54, 1.807) is 30.0 Å². The molecule has 0 atom stereocenters. The lowest BCUT2D eigenvalue weighted by molar-refractivity contribution is 0.0996. The maximum Gasteiger partial charge on any atom is 0.292 e. The Morgan fingerprint density at radius 3 is 2.96 bits per heavy atom. The van der Waals surface area contributed by atoms with E-state index < -0.39 is 0 Å². The van der Waals surface area contributed by atoms with E-state index in [9.17, 15) is 4.79 Å².